The Kier molecular flexibility index (Phi) is 4.05. The fourth-order valence-corrected chi connectivity index (χ4v) is 3.60. The van der Waals surface area contributed by atoms with Crippen molar-refractivity contribution in [1.29, 1.82) is 0 Å². The monoisotopic (exact) mass is 285 g/mol. The van der Waals surface area contributed by atoms with Gasteiger partial charge in [-0.25, -0.2) is 0 Å². The molecule has 0 bridgehead atoms. The van der Waals surface area contributed by atoms with Gasteiger partial charge in [-0.05, 0) is 51.9 Å². The molecule has 0 radical (unpaired) electrons. The number of fused-ring (bicyclic) bond motifs is 1. The van der Waals surface area contributed by atoms with Crippen molar-refractivity contribution in [3.05, 3.63) is 35.5 Å². The summed E-state index contributed by atoms with van der Waals surface area (Å²) in [6, 6.07) is 10.0. The molecule has 1 saturated heterocycles. The second-order valence-electron chi connectivity index (χ2n) is 6.58. The van der Waals surface area contributed by atoms with Gasteiger partial charge in [0.2, 0.25) is 0 Å². The van der Waals surface area contributed by atoms with Crippen molar-refractivity contribution >= 4 is 10.9 Å². The summed E-state index contributed by atoms with van der Waals surface area (Å²) in [4.78, 5) is 2.46. The second-order valence-corrected chi connectivity index (χ2v) is 6.58. The van der Waals surface area contributed by atoms with Crippen molar-refractivity contribution in [2.45, 2.75) is 45.3 Å². The number of aryl methyl sites for hydroxylation is 2. The molecule has 2 heterocycles. The molecule has 3 heteroatoms. The smallest absolute Gasteiger partial charge is 0.0483 e. The summed E-state index contributed by atoms with van der Waals surface area (Å²) in [6.45, 7) is 6.75. The minimum absolute atomic E-state index is 0.647. The Morgan fingerprint density at radius 3 is 2.71 bits per heavy atom. The third-order valence-corrected chi connectivity index (χ3v) is 5.27. The third kappa shape index (κ3) is 2.72. The molecule has 1 N–H and O–H groups in total. The molecule has 0 amide bonds. The van der Waals surface area contributed by atoms with Crippen LogP contribution in [0.25, 0.3) is 10.9 Å². The number of likely N-dealkylation sites (tertiary alicyclic amines) is 1. The highest BCUT2D eigenvalue weighted by atomic mass is 15.1. The summed E-state index contributed by atoms with van der Waals surface area (Å²) in [5.74, 6) is 0. The fourth-order valence-electron chi connectivity index (χ4n) is 3.60. The van der Waals surface area contributed by atoms with E-state index in [1.807, 2.05) is 0 Å². The van der Waals surface area contributed by atoms with Crippen LogP contribution in [-0.2, 0) is 13.6 Å². The summed E-state index contributed by atoms with van der Waals surface area (Å²) < 4.78 is 2.34. The first-order valence-corrected chi connectivity index (χ1v) is 8.04. The topological polar surface area (TPSA) is 20.2 Å². The zero-order valence-corrected chi connectivity index (χ0v) is 13.7. The summed E-state index contributed by atoms with van der Waals surface area (Å²) >= 11 is 0. The molecule has 114 valence electrons. The lowest BCUT2D eigenvalue weighted by molar-refractivity contribution is 0.167. The minimum Gasteiger partial charge on any atom is -0.346 e. The molecular weight excluding hydrogens is 258 g/mol. The number of nitrogens with one attached hydrogen (secondary N) is 1. The fraction of sp³-hybridized carbons (Fsp3) is 0.556. The molecule has 2 unspecified atom stereocenters. The van der Waals surface area contributed by atoms with Gasteiger partial charge in [0.15, 0.2) is 0 Å². The molecule has 2 atom stereocenters. The van der Waals surface area contributed by atoms with E-state index in [-0.39, 0.29) is 0 Å². The maximum atomic E-state index is 3.78. The number of para-hydroxylation sites is 1. The lowest BCUT2D eigenvalue weighted by Gasteiger charge is -2.35. The van der Waals surface area contributed by atoms with Crippen molar-refractivity contribution < 1.29 is 0 Å². The van der Waals surface area contributed by atoms with Gasteiger partial charge in [-0.2, -0.15) is 0 Å². The van der Waals surface area contributed by atoms with Gasteiger partial charge < -0.3 is 14.8 Å². The minimum atomic E-state index is 0.647. The van der Waals surface area contributed by atoms with E-state index in [2.05, 4.69) is 67.0 Å². The van der Waals surface area contributed by atoms with Crippen molar-refractivity contribution in [1.82, 2.24) is 14.8 Å². The van der Waals surface area contributed by atoms with E-state index in [0.29, 0.717) is 12.1 Å². The van der Waals surface area contributed by atoms with Crippen LogP contribution in [-0.4, -0.2) is 35.1 Å². The van der Waals surface area contributed by atoms with Crippen LogP contribution in [0.5, 0.6) is 0 Å². The lowest BCUT2D eigenvalue weighted by atomic mass is 9.99. The highest BCUT2D eigenvalue weighted by Gasteiger charge is 2.22. The van der Waals surface area contributed by atoms with E-state index < -0.39 is 0 Å². The highest BCUT2D eigenvalue weighted by molar-refractivity contribution is 5.85. The van der Waals surface area contributed by atoms with E-state index in [1.54, 1.807) is 0 Å². The number of piperidine rings is 1. The quantitative estimate of drug-likeness (QED) is 0.935. The van der Waals surface area contributed by atoms with Crippen molar-refractivity contribution in [3.8, 4) is 0 Å². The Labute approximate surface area is 127 Å². The van der Waals surface area contributed by atoms with Crippen LogP contribution in [0, 0.1) is 6.92 Å². The van der Waals surface area contributed by atoms with Crippen molar-refractivity contribution in [2.24, 2.45) is 7.05 Å². The van der Waals surface area contributed by atoms with Gasteiger partial charge in [-0.3, -0.25) is 0 Å². The Balaban J connectivity index is 1.74. The average Bonchev–Trinajstić information content (AvgIpc) is 2.73. The molecule has 3 rings (SSSR count). The first-order chi connectivity index (χ1) is 10.1. The standard InChI is InChI=1S/C18H27N3/c1-13-11-15(9-10-20(13)3)19-12-18-14(2)16-7-5-6-8-17(16)21(18)4/h5-8,13,15,19H,9-12H2,1-4H3. The van der Waals surface area contributed by atoms with Gasteiger partial charge in [-0.1, -0.05) is 18.2 Å². The molecule has 1 aromatic heterocycles. The average molecular weight is 285 g/mol. The second kappa shape index (κ2) is 5.82. The maximum absolute atomic E-state index is 3.78. The Bertz CT molecular complexity index is 590. The number of benzene rings is 1. The number of hydrogen-bond acceptors (Lipinski definition) is 2. The molecule has 1 aliphatic rings. The molecule has 3 nitrogen and oxygen atoms in total. The molecule has 1 aliphatic heterocycles. The van der Waals surface area contributed by atoms with Gasteiger partial charge in [0.05, 0.1) is 0 Å². The van der Waals surface area contributed by atoms with Gasteiger partial charge in [0, 0.05) is 42.3 Å². The van der Waals surface area contributed by atoms with Crippen LogP contribution in [0.1, 0.15) is 31.0 Å². The Hall–Kier alpha value is -1.32. The van der Waals surface area contributed by atoms with Gasteiger partial charge in [0.1, 0.15) is 0 Å². The summed E-state index contributed by atoms with van der Waals surface area (Å²) in [7, 11) is 4.42. The maximum Gasteiger partial charge on any atom is 0.0483 e. The number of rotatable bonds is 3. The molecule has 1 aromatic carbocycles. The molecule has 21 heavy (non-hydrogen) atoms. The van der Waals surface area contributed by atoms with Gasteiger partial charge in [-0.15, -0.1) is 0 Å². The number of aromatic nitrogens is 1. The van der Waals surface area contributed by atoms with Crippen LogP contribution in [0.15, 0.2) is 24.3 Å². The summed E-state index contributed by atoms with van der Waals surface area (Å²) in [5, 5.41) is 5.17. The number of nitrogens with zero attached hydrogens (tertiary/aromatic N) is 2. The molecule has 0 saturated carbocycles. The van der Waals surface area contributed by atoms with Crippen LogP contribution < -0.4 is 5.32 Å². The normalized spacial score (nSPS) is 23.8. The zero-order valence-electron chi connectivity index (χ0n) is 13.7. The van der Waals surface area contributed by atoms with Gasteiger partial charge in [0.25, 0.3) is 0 Å². The van der Waals surface area contributed by atoms with Gasteiger partial charge >= 0.3 is 0 Å². The predicted molar refractivity (Wildman–Crippen MR) is 89.6 cm³/mol. The third-order valence-electron chi connectivity index (χ3n) is 5.27. The number of hydrogen-bond donors (Lipinski definition) is 1. The van der Waals surface area contributed by atoms with Crippen LogP contribution >= 0.6 is 0 Å². The molecule has 1 fully saturated rings. The van der Waals surface area contributed by atoms with E-state index in [0.717, 1.165) is 6.54 Å². The van der Waals surface area contributed by atoms with Crippen molar-refractivity contribution in [2.75, 3.05) is 13.6 Å². The van der Waals surface area contributed by atoms with E-state index in [9.17, 15) is 0 Å². The largest absolute Gasteiger partial charge is 0.346 e. The molecular formula is C18H27N3. The van der Waals surface area contributed by atoms with Crippen LogP contribution in [0.3, 0.4) is 0 Å². The molecule has 2 aromatic rings. The van der Waals surface area contributed by atoms with Crippen LogP contribution in [0.4, 0.5) is 0 Å². The van der Waals surface area contributed by atoms with E-state index in [1.165, 1.54) is 41.5 Å². The Morgan fingerprint density at radius 1 is 1.24 bits per heavy atom. The zero-order chi connectivity index (χ0) is 15.0. The summed E-state index contributed by atoms with van der Waals surface area (Å²) in [5.41, 5.74) is 4.17. The van der Waals surface area contributed by atoms with E-state index >= 15 is 0 Å². The molecule has 0 aliphatic carbocycles. The SMILES string of the molecule is Cc1c(CNC2CCN(C)C(C)C2)n(C)c2ccccc12. The van der Waals surface area contributed by atoms with Crippen LogP contribution in [0.2, 0.25) is 0 Å². The van der Waals surface area contributed by atoms with E-state index in [4.69, 9.17) is 0 Å². The highest BCUT2D eigenvalue weighted by Crippen LogP contribution is 2.25. The molecule has 0 spiro atoms. The summed E-state index contributed by atoms with van der Waals surface area (Å²) in [6.07, 6.45) is 2.50. The van der Waals surface area contributed by atoms with Crippen molar-refractivity contribution in [3.63, 3.8) is 0 Å². The first kappa shape index (κ1) is 14.6. The lowest BCUT2D eigenvalue weighted by Crippen LogP contribution is -2.45. The predicted octanol–water partition coefficient (Wildman–Crippen LogP) is 3.06. The first-order valence-electron chi connectivity index (χ1n) is 8.04. The Morgan fingerprint density at radius 2 is 2.00 bits per heavy atom.